The molecule has 0 spiro atoms. The summed E-state index contributed by atoms with van der Waals surface area (Å²) in [6, 6.07) is 8.38. The predicted octanol–water partition coefficient (Wildman–Crippen LogP) is 4.92. The number of benzene rings is 1. The van der Waals surface area contributed by atoms with E-state index >= 15 is 0 Å². The van der Waals surface area contributed by atoms with Gasteiger partial charge in [-0.3, -0.25) is 0 Å². The quantitative estimate of drug-likeness (QED) is 0.812. The van der Waals surface area contributed by atoms with Crippen molar-refractivity contribution in [3.05, 3.63) is 35.6 Å². The summed E-state index contributed by atoms with van der Waals surface area (Å²) in [5.74, 6) is 1.86. The van der Waals surface area contributed by atoms with Crippen LogP contribution in [-0.4, -0.2) is 5.16 Å². The summed E-state index contributed by atoms with van der Waals surface area (Å²) in [4.78, 5) is 0. The number of hydrogen-bond acceptors (Lipinski definition) is 3. The van der Waals surface area contributed by atoms with E-state index in [1.807, 2.05) is 0 Å². The maximum atomic E-state index is 6.04. The monoisotopic (exact) mass is 272 g/mol. The van der Waals surface area contributed by atoms with Gasteiger partial charge in [0.05, 0.1) is 5.56 Å². The Kier molecular flexibility index (Phi) is 4.83. The highest BCUT2D eigenvalue weighted by Gasteiger charge is 2.23. The number of rotatable bonds is 6. The highest BCUT2D eigenvalue weighted by molar-refractivity contribution is 5.76. The Hall–Kier alpha value is -1.77. The molecule has 0 aliphatic heterocycles. The Morgan fingerprint density at radius 3 is 2.25 bits per heavy atom. The molecule has 2 N–H and O–H groups in total. The summed E-state index contributed by atoms with van der Waals surface area (Å²) in [5.41, 5.74) is 9.36. The normalized spacial score (nSPS) is 11.2. The van der Waals surface area contributed by atoms with Gasteiger partial charge in [0.1, 0.15) is 5.76 Å². The molecule has 2 aromatic rings. The van der Waals surface area contributed by atoms with Gasteiger partial charge in [0.15, 0.2) is 5.82 Å². The zero-order valence-corrected chi connectivity index (χ0v) is 12.6. The Morgan fingerprint density at radius 2 is 1.70 bits per heavy atom. The lowest BCUT2D eigenvalue weighted by molar-refractivity contribution is 0.346. The van der Waals surface area contributed by atoms with E-state index in [9.17, 15) is 0 Å². The van der Waals surface area contributed by atoms with Gasteiger partial charge in [0, 0.05) is 5.92 Å². The molecule has 20 heavy (non-hydrogen) atoms. The second-order valence-electron chi connectivity index (χ2n) is 5.45. The second-order valence-corrected chi connectivity index (χ2v) is 5.45. The third-order valence-electron chi connectivity index (χ3n) is 3.73. The molecule has 1 heterocycles. The standard InChI is InChI=1S/C17H24N2O/c1-4-6-14(7-5-2)16-15(17(18)19-20-16)13-10-8-12(3)9-11-13/h8-11,14H,4-7H2,1-3H3,(H2,18,19). The fourth-order valence-electron chi connectivity index (χ4n) is 2.71. The zero-order chi connectivity index (χ0) is 14.5. The van der Waals surface area contributed by atoms with Gasteiger partial charge >= 0.3 is 0 Å². The number of anilines is 1. The molecule has 0 aliphatic rings. The Morgan fingerprint density at radius 1 is 1.10 bits per heavy atom. The van der Waals surface area contributed by atoms with Gasteiger partial charge in [-0.15, -0.1) is 0 Å². The largest absolute Gasteiger partial charge is 0.380 e. The lowest BCUT2D eigenvalue weighted by Gasteiger charge is -2.14. The van der Waals surface area contributed by atoms with Crippen molar-refractivity contribution < 1.29 is 4.52 Å². The van der Waals surface area contributed by atoms with Crippen LogP contribution in [0.2, 0.25) is 0 Å². The van der Waals surface area contributed by atoms with Gasteiger partial charge in [-0.05, 0) is 25.3 Å². The van der Waals surface area contributed by atoms with Gasteiger partial charge < -0.3 is 10.3 Å². The predicted molar refractivity (Wildman–Crippen MR) is 83.6 cm³/mol. The molecular weight excluding hydrogens is 248 g/mol. The third kappa shape index (κ3) is 3.03. The lowest BCUT2D eigenvalue weighted by atomic mass is 9.90. The Bertz CT molecular complexity index is 537. The molecular formula is C17H24N2O. The molecule has 2 rings (SSSR count). The van der Waals surface area contributed by atoms with Crippen LogP contribution in [0.15, 0.2) is 28.8 Å². The van der Waals surface area contributed by atoms with Crippen molar-refractivity contribution in [1.82, 2.24) is 5.16 Å². The number of hydrogen-bond donors (Lipinski definition) is 1. The number of nitrogens with zero attached hydrogens (tertiary/aromatic N) is 1. The van der Waals surface area contributed by atoms with Crippen molar-refractivity contribution in [1.29, 1.82) is 0 Å². The second kappa shape index (κ2) is 6.60. The highest BCUT2D eigenvalue weighted by atomic mass is 16.5. The Balaban J connectivity index is 2.42. The van der Waals surface area contributed by atoms with E-state index < -0.39 is 0 Å². The van der Waals surface area contributed by atoms with Crippen molar-refractivity contribution >= 4 is 5.82 Å². The van der Waals surface area contributed by atoms with Crippen molar-refractivity contribution in [2.24, 2.45) is 0 Å². The molecule has 1 aromatic carbocycles. The Labute approximate surface area is 121 Å². The molecule has 0 unspecified atom stereocenters. The summed E-state index contributed by atoms with van der Waals surface area (Å²) >= 11 is 0. The van der Waals surface area contributed by atoms with Gasteiger partial charge in [0.2, 0.25) is 0 Å². The minimum absolute atomic E-state index is 0.408. The van der Waals surface area contributed by atoms with Gasteiger partial charge in [-0.2, -0.15) is 0 Å². The van der Waals surface area contributed by atoms with Gasteiger partial charge in [0.25, 0.3) is 0 Å². The van der Waals surface area contributed by atoms with Crippen LogP contribution < -0.4 is 5.73 Å². The molecule has 3 nitrogen and oxygen atoms in total. The highest BCUT2D eigenvalue weighted by Crippen LogP contribution is 2.38. The first-order valence-corrected chi connectivity index (χ1v) is 7.49. The van der Waals surface area contributed by atoms with Gasteiger partial charge in [-0.1, -0.05) is 61.7 Å². The summed E-state index contributed by atoms with van der Waals surface area (Å²) in [6.45, 7) is 6.49. The fourth-order valence-corrected chi connectivity index (χ4v) is 2.71. The molecule has 0 radical (unpaired) electrons. The van der Waals surface area contributed by atoms with E-state index in [4.69, 9.17) is 10.3 Å². The minimum Gasteiger partial charge on any atom is -0.380 e. The minimum atomic E-state index is 0.408. The fraction of sp³-hybridized carbons (Fsp3) is 0.471. The molecule has 0 saturated carbocycles. The van der Waals surface area contributed by atoms with Crippen molar-refractivity contribution in [3.8, 4) is 11.1 Å². The van der Waals surface area contributed by atoms with Crippen LogP contribution in [0.5, 0.6) is 0 Å². The van der Waals surface area contributed by atoms with Crippen LogP contribution in [0.1, 0.15) is 56.8 Å². The SMILES string of the molecule is CCCC(CCC)c1onc(N)c1-c1ccc(C)cc1. The first kappa shape index (κ1) is 14.6. The van der Waals surface area contributed by atoms with E-state index in [0.717, 1.165) is 42.6 Å². The lowest BCUT2D eigenvalue weighted by Crippen LogP contribution is -1.99. The third-order valence-corrected chi connectivity index (χ3v) is 3.73. The van der Waals surface area contributed by atoms with Crippen LogP contribution in [0.25, 0.3) is 11.1 Å². The maximum absolute atomic E-state index is 6.04. The molecule has 0 bridgehead atoms. The number of nitrogens with two attached hydrogens (primary N) is 1. The van der Waals surface area contributed by atoms with E-state index in [1.165, 1.54) is 5.56 Å². The molecule has 3 heteroatoms. The van der Waals surface area contributed by atoms with Gasteiger partial charge in [-0.25, -0.2) is 0 Å². The average Bonchev–Trinajstić information content (AvgIpc) is 2.81. The molecule has 0 amide bonds. The number of nitrogen functional groups attached to an aromatic ring is 1. The molecule has 0 fully saturated rings. The van der Waals surface area contributed by atoms with E-state index in [-0.39, 0.29) is 0 Å². The smallest absolute Gasteiger partial charge is 0.175 e. The van der Waals surface area contributed by atoms with Crippen LogP contribution >= 0.6 is 0 Å². The zero-order valence-electron chi connectivity index (χ0n) is 12.6. The maximum Gasteiger partial charge on any atom is 0.175 e. The van der Waals surface area contributed by atoms with Crippen LogP contribution in [-0.2, 0) is 0 Å². The summed E-state index contributed by atoms with van der Waals surface area (Å²) < 4.78 is 5.57. The molecule has 0 saturated heterocycles. The molecule has 1 aromatic heterocycles. The topological polar surface area (TPSA) is 52.0 Å². The van der Waals surface area contributed by atoms with Crippen LogP contribution in [0, 0.1) is 6.92 Å². The van der Waals surface area contributed by atoms with Crippen LogP contribution in [0.4, 0.5) is 5.82 Å². The molecule has 108 valence electrons. The van der Waals surface area contributed by atoms with Crippen molar-refractivity contribution in [2.75, 3.05) is 5.73 Å². The summed E-state index contributed by atoms with van der Waals surface area (Å²) in [7, 11) is 0. The first-order valence-electron chi connectivity index (χ1n) is 7.49. The average molecular weight is 272 g/mol. The molecule has 0 aliphatic carbocycles. The summed E-state index contributed by atoms with van der Waals surface area (Å²) in [6.07, 6.45) is 4.50. The number of aromatic nitrogens is 1. The molecule has 0 atom stereocenters. The van der Waals surface area contributed by atoms with E-state index in [2.05, 4.69) is 50.2 Å². The number of aryl methyl sites for hydroxylation is 1. The first-order chi connectivity index (χ1) is 9.67. The summed E-state index contributed by atoms with van der Waals surface area (Å²) in [5, 5.41) is 4.00. The van der Waals surface area contributed by atoms with E-state index in [1.54, 1.807) is 0 Å². The van der Waals surface area contributed by atoms with Crippen molar-refractivity contribution in [2.45, 2.75) is 52.4 Å². The van der Waals surface area contributed by atoms with Crippen molar-refractivity contribution in [3.63, 3.8) is 0 Å². The van der Waals surface area contributed by atoms with E-state index in [0.29, 0.717) is 11.7 Å². The van der Waals surface area contributed by atoms with Crippen LogP contribution in [0.3, 0.4) is 0 Å².